The standard InChI is InChI=1S/C82H155NO8/c1-6-8-10-12-14-16-18-20-22-24-26-28-30-32-34-36-38-39-40-41-43-45-47-49-51-53-55-57-59-61-63-65-67-69-71-73-80(85)91-78(77-90-82(81(86)87)88-75-74-83(3,4)5)76-89-79(84)72-70-68-66-64-62-60-58-56-54-52-50-48-46-44-42-37-35-33-31-29-27-25-23-21-19-17-15-13-11-9-7-2/h18,20,24-27,78,82H,6-17,19,21-23,28-77H2,1-5H3/p+1/b20-18-,26-24-,27-25-. The summed E-state index contributed by atoms with van der Waals surface area (Å²) in [5, 5.41) is 9.77. The molecular formula is C82H156NO8+. The third-order valence-corrected chi connectivity index (χ3v) is 18.4. The molecule has 2 atom stereocenters. The Balaban J connectivity index is 3.97. The van der Waals surface area contributed by atoms with Crippen molar-refractivity contribution < 1.29 is 42.9 Å². The van der Waals surface area contributed by atoms with Gasteiger partial charge in [-0.2, -0.15) is 0 Å². The summed E-state index contributed by atoms with van der Waals surface area (Å²) in [7, 11) is 6.00. The van der Waals surface area contributed by atoms with Gasteiger partial charge in [-0.05, 0) is 70.6 Å². The summed E-state index contributed by atoms with van der Waals surface area (Å²) in [4.78, 5) is 37.7. The van der Waals surface area contributed by atoms with Crippen LogP contribution in [0, 0.1) is 0 Å². The average Bonchev–Trinajstić information content (AvgIpc) is 3.46. The number of hydrogen-bond acceptors (Lipinski definition) is 7. The molecule has 0 aromatic carbocycles. The average molecular weight is 1280 g/mol. The van der Waals surface area contributed by atoms with Gasteiger partial charge in [-0.3, -0.25) is 9.59 Å². The van der Waals surface area contributed by atoms with E-state index in [9.17, 15) is 19.5 Å². The third-order valence-electron chi connectivity index (χ3n) is 18.4. The number of carbonyl (C=O) groups is 3. The molecular weight excluding hydrogens is 1130 g/mol. The molecule has 0 aliphatic heterocycles. The van der Waals surface area contributed by atoms with Crippen molar-refractivity contribution in [2.24, 2.45) is 0 Å². The van der Waals surface area contributed by atoms with Crippen LogP contribution in [0.5, 0.6) is 0 Å². The Bertz CT molecular complexity index is 1590. The van der Waals surface area contributed by atoms with Gasteiger partial charge in [-0.1, -0.05) is 365 Å². The summed E-state index contributed by atoms with van der Waals surface area (Å²) < 4.78 is 23.1. The summed E-state index contributed by atoms with van der Waals surface area (Å²) in [5.41, 5.74) is 0. The minimum absolute atomic E-state index is 0.175. The van der Waals surface area contributed by atoms with Crippen LogP contribution in [0.15, 0.2) is 36.5 Å². The van der Waals surface area contributed by atoms with Gasteiger partial charge in [0.1, 0.15) is 13.2 Å². The van der Waals surface area contributed by atoms with Crippen LogP contribution in [0.1, 0.15) is 412 Å². The summed E-state index contributed by atoms with van der Waals surface area (Å²) >= 11 is 0. The summed E-state index contributed by atoms with van der Waals surface area (Å²) in [6.45, 7) is 4.95. The van der Waals surface area contributed by atoms with Crippen molar-refractivity contribution >= 4 is 17.9 Å². The monoisotopic (exact) mass is 1280 g/mol. The fourth-order valence-electron chi connectivity index (χ4n) is 12.2. The molecule has 9 nitrogen and oxygen atoms in total. The number of unbranched alkanes of at least 4 members (excludes halogenated alkanes) is 55. The molecule has 0 aromatic rings. The number of allylic oxidation sites excluding steroid dienone is 6. The number of carbonyl (C=O) groups excluding carboxylic acids is 2. The second-order valence-electron chi connectivity index (χ2n) is 28.7. The van der Waals surface area contributed by atoms with Gasteiger partial charge in [0.2, 0.25) is 0 Å². The lowest BCUT2D eigenvalue weighted by Crippen LogP contribution is -2.40. The van der Waals surface area contributed by atoms with E-state index >= 15 is 0 Å². The van der Waals surface area contributed by atoms with Crippen molar-refractivity contribution in [2.75, 3.05) is 47.5 Å². The summed E-state index contributed by atoms with van der Waals surface area (Å²) in [5.74, 6) is -1.97. The lowest BCUT2D eigenvalue weighted by molar-refractivity contribution is -0.870. The molecule has 0 bridgehead atoms. The number of hydrogen-bond donors (Lipinski definition) is 1. The molecule has 0 aliphatic carbocycles. The molecule has 0 aromatic heterocycles. The molecule has 0 radical (unpaired) electrons. The number of carboxylic acids is 1. The fraction of sp³-hybridized carbons (Fsp3) is 0.890. The van der Waals surface area contributed by atoms with E-state index in [0.29, 0.717) is 17.4 Å². The van der Waals surface area contributed by atoms with Crippen LogP contribution in [0.4, 0.5) is 0 Å². The molecule has 0 saturated carbocycles. The highest BCUT2D eigenvalue weighted by Gasteiger charge is 2.25. The summed E-state index contributed by atoms with van der Waals surface area (Å²) in [6.07, 6.45) is 91.6. The fourth-order valence-corrected chi connectivity index (χ4v) is 12.2. The van der Waals surface area contributed by atoms with Crippen LogP contribution in [-0.4, -0.2) is 87.4 Å². The number of aliphatic carboxylic acids is 1. The minimum atomic E-state index is -1.51. The smallest absolute Gasteiger partial charge is 0.361 e. The van der Waals surface area contributed by atoms with Gasteiger partial charge in [-0.25, -0.2) is 4.79 Å². The van der Waals surface area contributed by atoms with E-state index < -0.39 is 18.4 Å². The predicted octanol–water partition coefficient (Wildman–Crippen LogP) is 25.5. The second-order valence-corrected chi connectivity index (χ2v) is 28.7. The first kappa shape index (κ1) is 88.5. The number of ether oxygens (including phenoxy) is 4. The highest BCUT2D eigenvalue weighted by atomic mass is 16.7. The van der Waals surface area contributed by atoms with Gasteiger partial charge in [0.05, 0.1) is 34.4 Å². The first-order valence-electron chi connectivity index (χ1n) is 40.2. The zero-order chi connectivity index (χ0) is 66.1. The van der Waals surface area contributed by atoms with Crippen LogP contribution in [-0.2, 0) is 33.3 Å². The first-order valence-corrected chi connectivity index (χ1v) is 40.2. The van der Waals surface area contributed by atoms with Crippen molar-refractivity contribution in [1.82, 2.24) is 0 Å². The lowest BCUT2D eigenvalue weighted by Gasteiger charge is -2.25. The van der Waals surface area contributed by atoms with E-state index in [1.54, 1.807) is 0 Å². The van der Waals surface area contributed by atoms with E-state index in [0.717, 1.165) is 44.9 Å². The molecule has 0 fully saturated rings. The van der Waals surface area contributed by atoms with Crippen LogP contribution in [0.25, 0.3) is 0 Å². The number of rotatable bonds is 76. The van der Waals surface area contributed by atoms with E-state index in [1.807, 2.05) is 21.1 Å². The molecule has 536 valence electrons. The highest BCUT2D eigenvalue weighted by molar-refractivity contribution is 5.71. The maximum Gasteiger partial charge on any atom is 0.361 e. The molecule has 0 spiro atoms. The van der Waals surface area contributed by atoms with Crippen molar-refractivity contribution in [1.29, 1.82) is 0 Å². The molecule has 0 saturated heterocycles. The molecule has 0 heterocycles. The van der Waals surface area contributed by atoms with Gasteiger partial charge in [0, 0.05) is 12.8 Å². The van der Waals surface area contributed by atoms with E-state index in [4.69, 9.17) is 18.9 Å². The molecule has 91 heavy (non-hydrogen) atoms. The maximum absolute atomic E-state index is 13.0. The number of likely N-dealkylation sites (N-methyl/N-ethyl adjacent to an activating group) is 1. The first-order chi connectivity index (χ1) is 44.6. The molecule has 1 N–H and O–H groups in total. The predicted molar refractivity (Wildman–Crippen MR) is 392 cm³/mol. The third kappa shape index (κ3) is 74.8. The minimum Gasteiger partial charge on any atom is -0.477 e. The Morgan fingerprint density at radius 2 is 0.593 bits per heavy atom. The van der Waals surface area contributed by atoms with Crippen LogP contribution in [0.2, 0.25) is 0 Å². The van der Waals surface area contributed by atoms with Crippen LogP contribution >= 0.6 is 0 Å². The van der Waals surface area contributed by atoms with Crippen molar-refractivity contribution in [3.8, 4) is 0 Å². The van der Waals surface area contributed by atoms with E-state index in [2.05, 4.69) is 50.3 Å². The SMILES string of the molecule is CCCCCCC/C=C\C/C=C\CCCCCCCCCCCCCCCCCCCCCCCCCC(=O)OC(COC(=O)CCCCCCCCCCCCCCCCCCCCC/C=C\CCCCCCCCCC)COC(OCC[N+](C)(C)C)C(=O)O. The zero-order valence-corrected chi connectivity index (χ0v) is 61.5. The Morgan fingerprint density at radius 1 is 0.330 bits per heavy atom. The quantitative estimate of drug-likeness (QED) is 0.0211. The zero-order valence-electron chi connectivity index (χ0n) is 61.5. The Morgan fingerprint density at radius 3 is 0.879 bits per heavy atom. The molecule has 0 amide bonds. The molecule has 0 rings (SSSR count). The highest BCUT2D eigenvalue weighted by Crippen LogP contribution is 2.20. The van der Waals surface area contributed by atoms with Crippen molar-refractivity contribution in [3.05, 3.63) is 36.5 Å². The van der Waals surface area contributed by atoms with Crippen LogP contribution < -0.4 is 0 Å². The summed E-state index contributed by atoms with van der Waals surface area (Å²) in [6, 6.07) is 0. The van der Waals surface area contributed by atoms with Crippen LogP contribution in [0.3, 0.4) is 0 Å². The van der Waals surface area contributed by atoms with Gasteiger partial charge in [-0.15, -0.1) is 0 Å². The van der Waals surface area contributed by atoms with E-state index in [-0.39, 0.29) is 38.2 Å². The largest absolute Gasteiger partial charge is 0.477 e. The number of quaternary nitrogens is 1. The van der Waals surface area contributed by atoms with Gasteiger partial charge < -0.3 is 28.5 Å². The molecule has 0 aliphatic rings. The van der Waals surface area contributed by atoms with Gasteiger partial charge in [0.25, 0.3) is 6.29 Å². The van der Waals surface area contributed by atoms with Crippen molar-refractivity contribution in [3.63, 3.8) is 0 Å². The van der Waals surface area contributed by atoms with Crippen molar-refractivity contribution in [2.45, 2.75) is 424 Å². The number of nitrogens with zero attached hydrogens (tertiary/aromatic N) is 1. The molecule has 9 heteroatoms. The van der Waals surface area contributed by atoms with Gasteiger partial charge >= 0.3 is 17.9 Å². The normalized spacial score (nSPS) is 12.8. The second kappa shape index (κ2) is 73.3. The Hall–Kier alpha value is -2.49. The number of carboxylic acid groups (broad SMARTS) is 1. The Kier molecular flexibility index (Phi) is 71.3. The Labute approximate surface area is 566 Å². The lowest BCUT2D eigenvalue weighted by atomic mass is 10.0. The van der Waals surface area contributed by atoms with Gasteiger partial charge in [0.15, 0.2) is 6.10 Å². The maximum atomic E-state index is 13.0. The number of esters is 2. The van der Waals surface area contributed by atoms with E-state index in [1.165, 1.54) is 340 Å². The topological polar surface area (TPSA) is 108 Å². The molecule has 2 unspecified atom stereocenters.